The number of amides is 1. The van der Waals surface area contributed by atoms with Gasteiger partial charge in [0.2, 0.25) is 0 Å². The van der Waals surface area contributed by atoms with Crippen molar-refractivity contribution in [3.8, 4) is 11.5 Å². The van der Waals surface area contributed by atoms with E-state index in [1.165, 1.54) is 18.2 Å². The summed E-state index contributed by atoms with van der Waals surface area (Å²) >= 11 is 0. The Morgan fingerprint density at radius 1 is 1.26 bits per heavy atom. The molecular formula is C13H15N3O3. The number of carbonyl (C=O) groups is 1. The van der Waals surface area contributed by atoms with Crippen molar-refractivity contribution >= 4 is 5.91 Å². The fourth-order valence-electron chi connectivity index (χ4n) is 1.73. The standard InChI is InChI=1S/C13H15N3O3/c17-10-4-1-5-11(18)12(10)13(19)14-6-2-8-16-9-3-7-15-16/h1,3-5,7,9,17-18H,2,6,8H2,(H,14,19). The van der Waals surface area contributed by atoms with Gasteiger partial charge in [-0.05, 0) is 24.6 Å². The lowest BCUT2D eigenvalue weighted by Gasteiger charge is -2.08. The van der Waals surface area contributed by atoms with E-state index in [0.717, 1.165) is 0 Å². The van der Waals surface area contributed by atoms with Crippen LogP contribution in [0.4, 0.5) is 0 Å². The Balaban J connectivity index is 1.84. The SMILES string of the molecule is O=C(NCCCn1cccn1)c1c(O)cccc1O. The van der Waals surface area contributed by atoms with Crippen molar-refractivity contribution in [2.45, 2.75) is 13.0 Å². The number of phenolic OH excluding ortho intramolecular Hbond substituents is 2. The Hall–Kier alpha value is -2.50. The molecule has 0 radical (unpaired) electrons. The second kappa shape index (κ2) is 5.90. The number of nitrogens with zero attached hydrogens (tertiary/aromatic N) is 2. The first-order chi connectivity index (χ1) is 9.18. The number of benzene rings is 1. The highest BCUT2D eigenvalue weighted by Gasteiger charge is 2.14. The molecule has 0 spiro atoms. The monoisotopic (exact) mass is 261 g/mol. The normalized spacial score (nSPS) is 10.3. The van der Waals surface area contributed by atoms with Crippen LogP contribution in [0.3, 0.4) is 0 Å². The second-order valence-electron chi connectivity index (χ2n) is 4.05. The molecule has 0 bridgehead atoms. The molecule has 3 N–H and O–H groups in total. The van der Waals surface area contributed by atoms with Gasteiger partial charge in [-0.3, -0.25) is 9.48 Å². The molecule has 19 heavy (non-hydrogen) atoms. The molecule has 0 fully saturated rings. The van der Waals surface area contributed by atoms with Gasteiger partial charge in [0.15, 0.2) is 0 Å². The molecule has 0 saturated heterocycles. The molecule has 2 rings (SSSR count). The molecule has 0 unspecified atom stereocenters. The molecule has 6 heteroatoms. The summed E-state index contributed by atoms with van der Waals surface area (Å²) < 4.78 is 1.77. The topological polar surface area (TPSA) is 87.4 Å². The van der Waals surface area contributed by atoms with Crippen molar-refractivity contribution in [1.82, 2.24) is 15.1 Å². The summed E-state index contributed by atoms with van der Waals surface area (Å²) in [6.45, 7) is 1.13. The Bertz CT molecular complexity index is 532. The lowest BCUT2D eigenvalue weighted by molar-refractivity contribution is 0.0947. The molecule has 1 aromatic heterocycles. The van der Waals surface area contributed by atoms with E-state index >= 15 is 0 Å². The number of carbonyl (C=O) groups excluding carboxylic acids is 1. The summed E-state index contributed by atoms with van der Waals surface area (Å²) in [6.07, 6.45) is 4.25. The van der Waals surface area contributed by atoms with Crippen LogP contribution in [0.1, 0.15) is 16.8 Å². The second-order valence-corrected chi connectivity index (χ2v) is 4.05. The van der Waals surface area contributed by atoms with Crippen LogP contribution in [0.25, 0.3) is 0 Å². The summed E-state index contributed by atoms with van der Waals surface area (Å²) in [5.74, 6) is -0.954. The molecule has 0 aliphatic rings. The summed E-state index contributed by atoms with van der Waals surface area (Å²) in [6, 6.07) is 6.02. The van der Waals surface area contributed by atoms with E-state index in [-0.39, 0.29) is 17.1 Å². The van der Waals surface area contributed by atoms with Crippen LogP contribution in [0, 0.1) is 0 Å². The molecule has 6 nitrogen and oxygen atoms in total. The lowest BCUT2D eigenvalue weighted by atomic mass is 10.1. The summed E-state index contributed by atoms with van der Waals surface area (Å²) in [5.41, 5.74) is -0.0958. The van der Waals surface area contributed by atoms with Gasteiger partial charge in [0.25, 0.3) is 5.91 Å². The zero-order valence-electron chi connectivity index (χ0n) is 10.3. The number of aryl methyl sites for hydroxylation is 1. The van der Waals surface area contributed by atoms with Crippen molar-refractivity contribution in [2.24, 2.45) is 0 Å². The van der Waals surface area contributed by atoms with Gasteiger partial charge in [-0.25, -0.2) is 0 Å². The van der Waals surface area contributed by atoms with Crippen molar-refractivity contribution in [3.05, 3.63) is 42.2 Å². The minimum absolute atomic E-state index is 0.0958. The van der Waals surface area contributed by atoms with Gasteiger partial charge in [-0.15, -0.1) is 0 Å². The fraction of sp³-hybridized carbons (Fsp3) is 0.231. The van der Waals surface area contributed by atoms with Crippen LogP contribution in [-0.4, -0.2) is 32.4 Å². The number of hydrogen-bond acceptors (Lipinski definition) is 4. The van der Waals surface area contributed by atoms with Gasteiger partial charge in [0.05, 0.1) is 0 Å². The van der Waals surface area contributed by atoms with Gasteiger partial charge >= 0.3 is 0 Å². The average molecular weight is 261 g/mol. The minimum Gasteiger partial charge on any atom is -0.507 e. The Morgan fingerprint density at radius 2 is 2.00 bits per heavy atom. The van der Waals surface area contributed by atoms with E-state index in [0.29, 0.717) is 19.5 Å². The number of rotatable bonds is 5. The number of phenols is 2. The van der Waals surface area contributed by atoms with E-state index in [9.17, 15) is 15.0 Å². The van der Waals surface area contributed by atoms with Crippen molar-refractivity contribution in [1.29, 1.82) is 0 Å². The van der Waals surface area contributed by atoms with Crippen LogP contribution in [0.15, 0.2) is 36.7 Å². The maximum absolute atomic E-state index is 11.8. The quantitative estimate of drug-likeness (QED) is 0.704. The van der Waals surface area contributed by atoms with Crippen LogP contribution in [0.5, 0.6) is 11.5 Å². The van der Waals surface area contributed by atoms with Gasteiger partial charge in [-0.1, -0.05) is 6.07 Å². The fourth-order valence-corrected chi connectivity index (χ4v) is 1.73. The minimum atomic E-state index is -0.490. The van der Waals surface area contributed by atoms with Gasteiger partial charge in [0, 0.05) is 25.5 Å². The molecule has 1 heterocycles. The van der Waals surface area contributed by atoms with Crippen LogP contribution < -0.4 is 5.32 Å². The van der Waals surface area contributed by atoms with E-state index in [1.807, 2.05) is 12.3 Å². The lowest BCUT2D eigenvalue weighted by Crippen LogP contribution is -2.25. The number of hydrogen-bond donors (Lipinski definition) is 3. The van der Waals surface area contributed by atoms with E-state index in [1.54, 1.807) is 10.9 Å². The molecule has 0 aliphatic heterocycles. The number of aromatic nitrogens is 2. The zero-order chi connectivity index (χ0) is 13.7. The van der Waals surface area contributed by atoms with Crippen molar-refractivity contribution in [3.63, 3.8) is 0 Å². The smallest absolute Gasteiger partial charge is 0.258 e. The first kappa shape index (κ1) is 12.9. The highest BCUT2D eigenvalue weighted by Crippen LogP contribution is 2.25. The molecule has 0 atom stereocenters. The largest absolute Gasteiger partial charge is 0.507 e. The predicted molar refractivity (Wildman–Crippen MR) is 68.9 cm³/mol. The van der Waals surface area contributed by atoms with E-state index < -0.39 is 5.91 Å². The van der Waals surface area contributed by atoms with Gasteiger partial charge in [0.1, 0.15) is 17.1 Å². The number of aromatic hydroxyl groups is 2. The van der Waals surface area contributed by atoms with Crippen molar-refractivity contribution in [2.75, 3.05) is 6.54 Å². The van der Waals surface area contributed by atoms with Crippen LogP contribution in [0.2, 0.25) is 0 Å². The Labute approximate surface area is 110 Å². The third kappa shape index (κ3) is 3.25. The molecular weight excluding hydrogens is 246 g/mol. The van der Waals surface area contributed by atoms with Crippen LogP contribution >= 0.6 is 0 Å². The first-order valence-electron chi connectivity index (χ1n) is 5.95. The first-order valence-corrected chi connectivity index (χ1v) is 5.95. The van der Waals surface area contributed by atoms with Crippen molar-refractivity contribution < 1.29 is 15.0 Å². The third-order valence-corrected chi connectivity index (χ3v) is 2.66. The highest BCUT2D eigenvalue weighted by atomic mass is 16.3. The van der Waals surface area contributed by atoms with Gasteiger partial charge in [-0.2, -0.15) is 5.10 Å². The third-order valence-electron chi connectivity index (χ3n) is 2.66. The molecule has 100 valence electrons. The van der Waals surface area contributed by atoms with E-state index in [2.05, 4.69) is 10.4 Å². The Kier molecular flexibility index (Phi) is 4.02. The zero-order valence-corrected chi connectivity index (χ0v) is 10.3. The molecule has 1 aromatic carbocycles. The molecule has 0 saturated carbocycles. The summed E-state index contributed by atoms with van der Waals surface area (Å²) in [7, 11) is 0. The predicted octanol–water partition coefficient (Wildman–Crippen LogP) is 1.11. The maximum atomic E-state index is 11.8. The highest BCUT2D eigenvalue weighted by molar-refractivity contribution is 5.99. The molecule has 1 amide bonds. The average Bonchev–Trinajstić information content (AvgIpc) is 2.87. The summed E-state index contributed by atoms with van der Waals surface area (Å²) in [4.78, 5) is 11.8. The van der Waals surface area contributed by atoms with E-state index in [4.69, 9.17) is 0 Å². The number of nitrogens with one attached hydrogen (secondary N) is 1. The van der Waals surface area contributed by atoms with Gasteiger partial charge < -0.3 is 15.5 Å². The molecule has 2 aromatic rings. The van der Waals surface area contributed by atoms with Crippen LogP contribution in [-0.2, 0) is 6.54 Å². The summed E-state index contributed by atoms with van der Waals surface area (Å²) in [5, 5.41) is 25.8. The molecule has 0 aliphatic carbocycles. The maximum Gasteiger partial charge on any atom is 0.258 e. The Morgan fingerprint density at radius 3 is 2.63 bits per heavy atom.